The molecule has 0 aromatic heterocycles. The van der Waals surface area contributed by atoms with Crippen molar-refractivity contribution in [3.63, 3.8) is 0 Å². The Hall–Kier alpha value is -3.27. The van der Waals surface area contributed by atoms with E-state index in [4.69, 9.17) is 9.47 Å². The van der Waals surface area contributed by atoms with Crippen molar-refractivity contribution in [3.05, 3.63) is 95.6 Å². The number of nitrogens with one attached hydrogen (secondary N) is 1. The highest BCUT2D eigenvalue weighted by Gasteiger charge is 2.23. The largest absolute Gasteiger partial charge is 0.497 e. The molecule has 0 aliphatic heterocycles. The van der Waals surface area contributed by atoms with E-state index in [0.717, 1.165) is 16.9 Å². The number of carbonyl (C=O) groups is 1. The van der Waals surface area contributed by atoms with Gasteiger partial charge in [0.1, 0.15) is 11.5 Å². The second-order valence-electron chi connectivity index (χ2n) is 6.95. The Morgan fingerprint density at radius 2 is 1.45 bits per heavy atom. The average Bonchev–Trinajstić information content (AvgIpc) is 2.77. The maximum Gasteiger partial charge on any atom is 0.261 e. The zero-order valence-corrected chi connectivity index (χ0v) is 17.1. The topological polar surface area (TPSA) is 47.6 Å². The Kier molecular flexibility index (Phi) is 6.90. The van der Waals surface area contributed by atoms with Gasteiger partial charge in [0.2, 0.25) is 0 Å². The number of benzene rings is 3. The van der Waals surface area contributed by atoms with Gasteiger partial charge in [-0.3, -0.25) is 4.79 Å². The van der Waals surface area contributed by atoms with E-state index < -0.39 is 6.10 Å². The Morgan fingerprint density at radius 3 is 2.03 bits per heavy atom. The van der Waals surface area contributed by atoms with Crippen LogP contribution in [-0.2, 0) is 4.79 Å². The molecule has 150 valence electrons. The van der Waals surface area contributed by atoms with Gasteiger partial charge in [-0.25, -0.2) is 0 Å². The van der Waals surface area contributed by atoms with Crippen molar-refractivity contribution in [3.8, 4) is 11.5 Å². The van der Waals surface area contributed by atoms with Crippen LogP contribution in [-0.4, -0.2) is 19.1 Å². The van der Waals surface area contributed by atoms with E-state index in [1.54, 1.807) is 7.11 Å². The lowest BCUT2D eigenvalue weighted by atomic mass is 9.97. The summed E-state index contributed by atoms with van der Waals surface area (Å²) >= 11 is 0. The van der Waals surface area contributed by atoms with Gasteiger partial charge in [-0.05, 0) is 48.7 Å². The third kappa shape index (κ3) is 5.38. The standard InChI is InChI=1S/C25H27NO3/c1-4-23(29-22-16-14-21(28-3)15-17-22)25(27)26-24(19-8-6-5-7-9-19)20-12-10-18(2)11-13-20/h5-17,23-24H,4H2,1-3H3,(H,26,27)/t23-,24+/m0/s1. The number of methoxy groups -OCH3 is 1. The van der Waals surface area contributed by atoms with Gasteiger partial charge in [0.25, 0.3) is 5.91 Å². The number of amides is 1. The maximum atomic E-state index is 13.1. The molecule has 3 aromatic carbocycles. The van der Waals surface area contributed by atoms with E-state index >= 15 is 0 Å². The van der Waals surface area contributed by atoms with Crippen molar-refractivity contribution < 1.29 is 14.3 Å². The molecule has 0 heterocycles. The number of rotatable bonds is 8. The van der Waals surface area contributed by atoms with Gasteiger partial charge in [0, 0.05) is 0 Å². The molecule has 29 heavy (non-hydrogen) atoms. The van der Waals surface area contributed by atoms with Gasteiger partial charge >= 0.3 is 0 Å². The normalized spacial score (nSPS) is 12.7. The van der Waals surface area contributed by atoms with Crippen LogP contribution in [0, 0.1) is 6.92 Å². The van der Waals surface area contributed by atoms with Crippen molar-refractivity contribution in [1.29, 1.82) is 0 Å². The summed E-state index contributed by atoms with van der Waals surface area (Å²) in [5.74, 6) is 1.25. The fraction of sp³-hybridized carbons (Fsp3) is 0.240. The van der Waals surface area contributed by atoms with Crippen molar-refractivity contribution >= 4 is 5.91 Å². The van der Waals surface area contributed by atoms with Crippen molar-refractivity contribution in [2.45, 2.75) is 32.4 Å². The minimum absolute atomic E-state index is 0.141. The number of hydrogen-bond donors (Lipinski definition) is 1. The molecule has 2 atom stereocenters. The summed E-state index contributed by atoms with van der Waals surface area (Å²) in [6.45, 7) is 3.99. The Balaban J connectivity index is 1.79. The molecule has 0 radical (unpaired) electrons. The van der Waals surface area contributed by atoms with Crippen LogP contribution < -0.4 is 14.8 Å². The first kappa shape index (κ1) is 20.5. The van der Waals surface area contributed by atoms with E-state index in [-0.39, 0.29) is 11.9 Å². The van der Waals surface area contributed by atoms with Crippen LogP contribution in [0.25, 0.3) is 0 Å². The lowest BCUT2D eigenvalue weighted by molar-refractivity contribution is -0.128. The third-order valence-electron chi connectivity index (χ3n) is 4.83. The summed E-state index contributed by atoms with van der Waals surface area (Å²) in [5, 5.41) is 3.17. The van der Waals surface area contributed by atoms with Gasteiger partial charge < -0.3 is 14.8 Å². The minimum atomic E-state index is -0.583. The first-order valence-corrected chi connectivity index (χ1v) is 9.83. The predicted molar refractivity (Wildman–Crippen MR) is 115 cm³/mol. The van der Waals surface area contributed by atoms with E-state index in [1.807, 2.05) is 61.5 Å². The number of hydrogen-bond acceptors (Lipinski definition) is 3. The highest BCUT2D eigenvalue weighted by Crippen LogP contribution is 2.24. The summed E-state index contributed by atoms with van der Waals surface area (Å²) < 4.78 is 11.1. The highest BCUT2D eigenvalue weighted by molar-refractivity contribution is 5.82. The summed E-state index contributed by atoms with van der Waals surface area (Å²) in [6.07, 6.45) is -0.0205. The fourth-order valence-electron chi connectivity index (χ4n) is 3.14. The summed E-state index contributed by atoms with van der Waals surface area (Å²) in [6, 6.07) is 25.2. The van der Waals surface area contributed by atoms with Gasteiger partial charge in [0.05, 0.1) is 13.2 Å². The Bertz CT molecular complexity index is 905. The Labute approximate surface area is 172 Å². The van der Waals surface area contributed by atoms with Crippen LogP contribution in [0.2, 0.25) is 0 Å². The summed E-state index contributed by atoms with van der Waals surface area (Å²) in [7, 11) is 1.62. The monoisotopic (exact) mass is 389 g/mol. The third-order valence-corrected chi connectivity index (χ3v) is 4.83. The minimum Gasteiger partial charge on any atom is -0.497 e. The Morgan fingerprint density at radius 1 is 0.862 bits per heavy atom. The molecule has 0 unspecified atom stereocenters. The van der Waals surface area contributed by atoms with Crippen molar-refractivity contribution in [2.24, 2.45) is 0 Å². The smallest absolute Gasteiger partial charge is 0.261 e. The second-order valence-corrected chi connectivity index (χ2v) is 6.95. The van der Waals surface area contributed by atoms with E-state index in [2.05, 4.69) is 36.5 Å². The van der Waals surface area contributed by atoms with Crippen LogP contribution in [0.4, 0.5) is 0 Å². The highest BCUT2D eigenvalue weighted by atomic mass is 16.5. The zero-order chi connectivity index (χ0) is 20.6. The molecule has 0 saturated heterocycles. The van der Waals surface area contributed by atoms with Crippen LogP contribution in [0.5, 0.6) is 11.5 Å². The van der Waals surface area contributed by atoms with Crippen LogP contribution >= 0.6 is 0 Å². The molecule has 4 heteroatoms. The summed E-state index contributed by atoms with van der Waals surface area (Å²) in [4.78, 5) is 13.1. The lowest BCUT2D eigenvalue weighted by Crippen LogP contribution is -2.40. The molecule has 3 aromatic rings. The number of ether oxygens (including phenoxy) is 2. The molecule has 0 saturated carbocycles. The SMILES string of the molecule is CC[C@H](Oc1ccc(OC)cc1)C(=O)N[C@H](c1ccccc1)c1ccc(C)cc1. The number of aryl methyl sites for hydroxylation is 1. The van der Waals surface area contributed by atoms with E-state index in [9.17, 15) is 4.79 Å². The molecular formula is C25H27NO3. The lowest BCUT2D eigenvalue weighted by Gasteiger charge is -2.24. The molecule has 4 nitrogen and oxygen atoms in total. The average molecular weight is 389 g/mol. The number of carbonyl (C=O) groups excluding carboxylic acids is 1. The molecule has 0 spiro atoms. The van der Waals surface area contributed by atoms with E-state index in [1.165, 1.54) is 5.56 Å². The van der Waals surface area contributed by atoms with Crippen LogP contribution in [0.1, 0.15) is 36.1 Å². The molecule has 0 bridgehead atoms. The first-order chi connectivity index (χ1) is 14.1. The van der Waals surface area contributed by atoms with Crippen molar-refractivity contribution in [2.75, 3.05) is 7.11 Å². The van der Waals surface area contributed by atoms with E-state index in [0.29, 0.717) is 12.2 Å². The quantitative estimate of drug-likeness (QED) is 0.585. The molecule has 1 N–H and O–H groups in total. The summed E-state index contributed by atoms with van der Waals surface area (Å²) in [5.41, 5.74) is 3.25. The molecule has 3 rings (SSSR count). The molecule has 0 aliphatic rings. The predicted octanol–water partition coefficient (Wildman–Crippen LogP) is 5.07. The van der Waals surface area contributed by atoms with Gasteiger partial charge in [0.15, 0.2) is 6.10 Å². The van der Waals surface area contributed by atoms with Gasteiger partial charge in [-0.1, -0.05) is 67.1 Å². The van der Waals surface area contributed by atoms with Crippen molar-refractivity contribution in [1.82, 2.24) is 5.32 Å². The molecule has 0 aliphatic carbocycles. The first-order valence-electron chi connectivity index (χ1n) is 9.83. The maximum absolute atomic E-state index is 13.1. The molecule has 0 fully saturated rings. The van der Waals surface area contributed by atoms with Crippen LogP contribution in [0.3, 0.4) is 0 Å². The van der Waals surface area contributed by atoms with Gasteiger partial charge in [-0.15, -0.1) is 0 Å². The zero-order valence-electron chi connectivity index (χ0n) is 17.1. The molecule has 1 amide bonds. The van der Waals surface area contributed by atoms with Crippen LogP contribution in [0.15, 0.2) is 78.9 Å². The molecular weight excluding hydrogens is 362 g/mol. The van der Waals surface area contributed by atoms with Gasteiger partial charge in [-0.2, -0.15) is 0 Å². The second kappa shape index (κ2) is 9.78. The fourth-order valence-corrected chi connectivity index (χ4v) is 3.14.